The molecule has 78 valence electrons. The fraction of sp³-hybridized carbons (Fsp3) is 0.600. The number of amides is 1. The predicted molar refractivity (Wildman–Crippen MR) is 51.8 cm³/mol. The molecule has 1 N–H and O–H groups in total. The maximum atomic E-state index is 11.0. The first-order valence-electron chi connectivity index (χ1n) is 4.70. The number of carboxylic acid groups (broad SMARTS) is 1. The highest BCUT2D eigenvalue weighted by atomic mass is 16.4. The Hall–Kier alpha value is -1.32. The molecule has 0 aliphatic carbocycles. The van der Waals surface area contributed by atoms with Crippen molar-refractivity contribution in [2.75, 3.05) is 13.1 Å². The van der Waals surface area contributed by atoms with E-state index < -0.39 is 5.97 Å². The van der Waals surface area contributed by atoms with Gasteiger partial charge in [-0.25, -0.2) is 4.79 Å². The fourth-order valence-corrected chi connectivity index (χ4v) is 1.72. The number of nitrogens with zero attached hydrogens (tertiary/aromatic N) is 1. The molecule has 0 unspecified atom stereocenters. The van der Waals surface area contributed by atoms with Gasteiger partial charge in [0.2, 0.25) is 5.91 Å². The van der Waals surface area contributed by atoms with E-state index in [2.05, 4.69) is 6.58 Å². The summed E-state index contributed by atoms with van der Waals surface area (Å²) in [4.78, 5) is 23.4. The molecule has 4 heteroatoms. The molecule has 0 aromatic rings. The zero-order valence-electron chi connectivity index (χ0n) is 8.32. The number of carboxylic acids is 1. The van der Waals surface area contributed by atoms with Crippen LogP contribution in [0, 0.1) is 5.92 Å². The van der Waals surface area contributed by atoms with Gasteiger partial charge in [-0.1, -0.05) is 6.58 Å². The number of rotatable bonds is 2. The van der Waals surface area contributed by atoms with E-state index >= 15 is 0 Å². The number of carbonyl (C=O) groups excluding carboxylic acids is 1. The van der Waals surface area contributed by atoms with Crippen LogP contribution in [0.3, 0.4) is 0 Å². The first-order chi connectivity index (χ1) is 6.52. The standard InChI is InChI=1S/C10H15NO3/c1-7(10(13)14)9-3-5-11(6-4-9)8(2)12/h9H,1,3-6H2,2H3,(H,13,14). The second kappa shape index (κ2) is 4.26. The Morgan fingerprint density at radius 1 is 1.36 bits per heavy atom. The molecule has 1 amide bonds. The monoisotopic (exact) mass is 197 g/mol. The maximum Gasteiger partial charge on any atom is 0.331 e. The Bertz CT molecular complexity index is 265. The van der Waals surface area contributed by atoms with E-state index in [0.717, 1.165) is 0 Å². The summed E-state index contributed by atoms with van der Waals surface area (Å²) in [5, 5.41) is 8.73. The van der Waals surface area contributed by atoms with Gasteiger partial charge in [0.15, 0.2) is 0 Å². The lowest BCUT2D eigenvalue weighted by atomic mass is 9.90. The van der Waals surface area contributed by atoms with E-state index in [1.807, 2.05) is 0 Å². The minimum atomic E-state index is -0.925. The molecule has 0 bridgehead atoms. The molecule has 1 aliphatic heterocycles. The van der Waals surface area contributed by atoms with Crippen LogP contribution in [0.5, 0.6) is 0 Å². The SMILES string of the molecule is C=C(C(=O)O)C1CCN(C(C)=O)CC1. The predicted octanol–water partition coefficient (Wildman–Crippen LogP) is 0.886. The van der Waals surface area contributed by atoms with Gasteiger partial charge in [-0.15, -0.1) is 0 Å². The van der Waals surface area contributed by atoms with Gasteiger partial charge in [-0.3, -0.25) is 4.79 Å². The van der Waals surface area contributed by atoms with Crippen LogP contribution in [0.4, 0.5) is 0 Å². The van der Waals surface area contributed by atoms with Gasteiger partial charge in [-0.2, -0.15) is 0 Å². The summed E-state index contributed by atoms with van der Waals surface area (Å²) in [5.74, 6) is -0.834. The Morgan fingerprint density at radius 3 is 2.21 bits per heavy atom. The number of carbonyl (C=O) groups is 2. The lowest BCUT2D eigenvalue weighted by Crippen LogP contribution is -2.37. The number of piperidine rings is 1. The summed E-state index contributed by atoms with van der Waals surface area (Å²) in [5.41, 5.74) is 0.271. The van der Waals surface area contributed by atoms with Crippen molar-refractivity contribution in [2.24, 2.45) is 5.92 Å². The molecule has 0 spiro atoms. The largest absolute Gasteiger partial charge is 0.478 e. The van der Waals surface area contributed by atoms with Crippen LogP contribution in [0.2, 0.25) is 0 Å². The Kier molecular flexibility index (Phi) is 3.28. The molecule has 1 heterocycles. The number of hydrogen-bond acceptors (Lipinski definition) is 2. The fourth-order valence-electron chi connectivity index (χ4n) is 1.72. The zero-order valence-corrected chi connectivity index (χ0v) is 8.32. The highest BCUT2D eigenvalue weighted by Crippen LogP contribution is 2.23. The lowest BCUT2D eigenvalue weighted by molar-refractivity contribution is -0.133. The van der Waals surface area contributed by atoms with E-state index in [1.165, 1.54) is 6.92 Å². The molecule has 0 radical (unpaired) electrons. The maximum absolute atomic E-state index is 11.0. The summed E-state index contributed by atoms with van der Waals surface area (Å²) in [6.07, 6.45) is 1.43. The van der Waals surface area contributed by atoms with E-state index in [-0.39, 0.29) is 17.4 Å². The first-order valence-corrected chi connectivity index (χ1v) is 4.70. The van der Waals surface area contributed by atoms with Crippen molar-refractivity contribution in [1.82, 2.24) is 4.90 Å². The summed E-state index contributed by atoms with van der Waals surface area (Å²) in [6.45, 7) is 6.37. The average Bonchev–Trinajstić information content (AvgIpc) is 2.16. The Labute approximate surface area is 83.2 Å². The van der Waals surface area contributed by atoms with Crippen molar-refractivity contribution in [3.8, 4) is 0 Å². The van der Waals surface area contributed by atoms with Crippen molar-refractivity contribution >= 4 is 11.9 Å². The van der Waals surface area contributed by atoms with Crippen LogP contribution in [0.15, 0.2) is 12.2 Å². The molecule has 1 aliphatic rings. The molecule has 1 saturated heterocycles. The highest BCUT2D eigenvalue weighted by molar-refractivity contribution is 5.86. The van der Waals surface area contributed by atoms with Crippen LogP contribution in [0.25, 0.3) is 0 Å². The molecule has 1 rings (SSSR count). The molecule has 0 aromatic heterocycles. The van der Waals surface area contributed by atoms with Gasteiger partial charge in [0.25, 0.3) is 0 Å². The number of hydrogen-bond donors (Lipinski definition) is 1. The summed E-state index contributed by atoms with van der Waals surface area (Å²) >= 11 is 0. The summed E-state index contributed by atoms with van der Waals surface area (Å²) in [6, 6.07) is 0. The second-order valence-corrected chi connectivity index (χ2v) is 3.61. The Morgan fingerprint density at radius 2 is 1.86 bits per heavy atom. The minimum absolute atomic E-state index is 0.0306. The third-order valence-electron chi connectivity index (χ3n) is 2.71. The van der Waals surface area contributed by atoms with Gasteiger partial charge >= 0.3 is 5.97 Å². The third kappa shape index (κ3) is 2.34. The van der Waals surface area contributed by atoms with Crippen LogP contribution < -0.4 is 0 Å². The smallest absolute Gasteiger partial charge is 0.331 e. The van der Waals surface area contributed by atoms with Gasteiger partial charge in [-0.05, 0) is 18.8 Å². The number of likely N-dealkylation sites (tertiary alicyclic amines) is 1. The van der Waals surface area contributed by atoms with Crippen LogP contribution in [-0.4, -0.2) is 35.0 Å². The van der Waals surface area contributed by atoms with Gasteiger partial charge < -0.3 is 10.0 Å². The Balaban J connectivity index is 2.47. The van der Waals surface area contributed by atoms with Crippen molar-refractivity contribution < 1.29 is 14.7 Å². The second-order valence-electron chi connectivity index (χ2n) is 3.61. The molecule has 0 saturated carbocycles. The molecule has 1 fully saturated rings. The van der Waals surface area contributed by atoms with E-state index in [0.29, 0.717) is 25.9 Å². The van der Waals surface area contributed by atoms with E-state index in [9.17, 15) is 9.59 Å². The molecule has 14 heavy (non-hydrogen) atoms. The van der Waals surface area contributed by atoms with Crippen molar-refractivity contribution in [2.45, 2.75) is 19.8 Å². The van der Waals surface area contributed by atoms with E-state index in [1.54, 1.807) is 4.90 Å². The topological polar surface area (TPSA) is 57.6 Å². The summed E-state index contributed by atoms with van der Waals surface area (Å²) < 4.78 is 0. The zero-order chi connectivity index (χ0) is 10.7. The van der Waals surface area contributed by atoms with Crippen LogP contribution in [0.1, 0.15) is 19.8 Å². The average molecular weight is 197 g/mol. The van der Waals surface area contributed by atoms with Crippen molar-refractivity contribution in [3.05, 3.63) is 12.2 Å². The first kappa shape index (κ1) is 10.8. The van der Waals surface area contributed by atoms with Crippen molar-refractivity contribution in [3.63, 3.8) is 0 Å². The normalized spacial score (nSPS) is 17.9. The summed E-state index contributed by atoms with van der Waals surface area (Å²) in [7, 11) is 0. The minimum Gasteiger partial charge on any atom is -0.478 e. The van der Waals surface area contributed by atoms with Gasteiger partial charge in [0.05, 0.1) is 0 Å². The quantitative estimate of drug-likeness (QED) is 0.669. The van der Waals surface area contributed by atoms with Gasteiger partial charge in [0, 0.05) is 25.6 Å². The molecular weight excluding hydrogens is 182 g/mol. The van der Waals surface area contributed by atoms with Crippen molar-refractivity contribution in [1.29, 1.82) is 0 Å². The van der Waals surface area contributed by atoms with Gasteiger partial charge in [0.1, 0.15) is 0 Å². The van der Waals surface area contributed by atoms with Crippen LogP contribution in [-0.2, 0) is 9.59 Å². The third-order valence-corrected chi connectivity index (χ3v) is 2.71. The molecular formula is C10H15NO3. The molecule has 0 atom stereocenters. The molecule has 4 nitrogen and oxygen atoms in total. The highest BCUT2D eigenvalue weighted by Gasteiger charge is 2.25. The van der Waals surface area contributed by atoms with Crippen LogP contribution >= 0.6 is 0 Å². The number of aliphatic carboxylic acids is 1. The van der Waals surface area contributed by atoms with E-state index in [4.69, 9.17) is 5.11 Å². The molecule has 0 aromatic carbocycles. The lowest BCUT2D eigenvalue weighted by Gasteiger charge is -2.31.